The molecule has 29 heavy (non-hydrogen) atoms. The van der Waals surface area contributed by atoms with E-state index in [0.29, 0.717) is 13.0 Å². The van der Waals surface area contributed by atoms with E-state index in [1.165, 1.54) is 6.08 Å². The standard InChI is InChI=1S/C22H25NO5S/c1-27-20-8-3-17(4-9-20)7-12-22(24)23(19-13-14-29(25,26)16-19)15-18-5-10-21(28-2)11-6-18/h3-12,19H,13-16H2,1-2H3. The number of rotatable bonds is 7. The van der Waals surface area contributed by atoms with E-state index in [4.69, 9.17) is 9.47 Å². The minimum atomic E-state index is -3.10. The second kappa shape index (κ2) is 9.13. The van der Waals surface area contributed by atoms with Crippen LogP contribution >= 0.6 is 0 Å². The van der Waals surface area contributed by atoms with E-state index in [1.807, 2.05) is 48.5 Å². The SMILES string of the molecule is COc1ccc(C=CC(=O)N(Cc2ccc(OC)cc2)C2CCS(=O)(=O)C2)cc1. The summed E-state index contributed by atoms with van der Waals surface area (Å²) in [6, 6.07) is 14.5. The largest absolute Gasteiger partial charge is 0.497 e. The second-order valence-electron chi connectivity index (χ2n) is 6.98. The Labute approximate surface area is 171 Å². The monoisotopic (exact) mass is 415 g/mol. The summed E-state index contributed by atoms with van der Waals surface area (Å²) in [7, 11) is 0.0901. The quantitative estimate of drug-likeness (QED) is 0.650. The fourth-order valence-electron chi connectivity index (χ4n) is 3.31. The number of hydrogen-bond acceptors (Lipinski definition) is 5. The van der Waals surface area contributed by atoms with Gasteiger partial charge in [-0.2, -0.15) is 0 Å². The van der Waals surface area contributed by atoms with Gasteiger partial charge in [0, 0.05) is 18.7 Å². The first-order chi connectivity index (χ1) is 13.9. The summed E-state index contributed by atoms with van der Waals surface area (Å²) in [6.07, 6.45) is 3.68. The molecule has 6 nitrogen and oxygen atoms in total. The van der Waals surface area contributed by atoms with Crippen LogP contribution in [0.3, 0.4) is 0 Å². The summed E-state index contributed by atoms with van der Waals surface area (Å²) in [5, 5.41) is 0. The summed E-state index contributed by atoms with van der Waals surface area (Å²) < 4.78 is 34.2. The van der Waals surface area contributed by atoms with Crippen LogP contribution in [0.1, 0.15) is 17.5 Å². The molecule has 3 rings (SSSR count). The van der Waals surface area contributed by atoms with Crippen LogP contribution < -0.4 is 9.47 Å². The first-order valence-corrected chi connectivity index (χ1v) is 11.2. The van der Waals surface area contributed by atoms with E-state index in [-0.39, 0.29) is 23.5 Å². The third-order valence-corrected chi connectivity index (χ3v) is 6.73. The Morgan fingerprint density at radius 1 is 1.03 bits per heavy atom. The number of benzene rings is 2. The molecule has 1 heterocycles. The van der Waals surface area contributed by atoms with Crippen molar-refractivity contribution in [1.82, 2.24) is 4.90 Å². The van der Waals surface area contributed by atoms with E-state index in [0.717, 1.165) is 22.6 Å². The lowest BCUT2D eigenvalue weighted by Gasteiger charge is -2.27. The van der Waals surface area contributed by atoms with Gasteiger partial charge in [0.15, 0.2) is 9.84 Å². The lowest BCUT2D eigenvalue weighted by Crippen LogP contribution is -2.39. The highest BCUT2D eigenvalue weighted by Gasteiger charge is 2.34. The van der Waals surface area contributed by atoms with Gasteiger partial charge >= 0.3 is 0 Å². The zero-order chi connectivity index (χ0) is 20.9. The molecule has 1 amide bonds. The van der Waals surface area contributed by atoms with Crippen molar-refractivity contribution in [1.29, 1.82) is 0 Å². The Morgan fingerprint density at radius 3 is 2.14 bits per heavy atom. The molecule has 0 saturated carbocycles. The molecule has 1 aliphatic heterocycles. The van der Waals surface area contributed by atoms with Crippen LogP contribution in [0.5, 0.6) is 11.5 Å². The highest BCUT2D eigenvalue weighted by Crippen LogP contribution is 2.22. The average molecular weight is 416 g/mol. The number of hydrogen-bond donors (Lipinski definition) is 0. The van der Waals surface area contributed by atoms with Gasteiger partial charge in [0.25, 0.3) is 0 Å². The molecular formula is C22H25NO5S. The molecule has 0 bridgehead atoms. The summed E-state index contributed by atoms with van der Waals surface area (Å²) in [4.78, 5) is 14.6. The minimum absolute atomic E-state index is 0.00523. The molecule has 0 radical (unpaired) electrons. The van der Waals surface area contributed by atoms with E-state index < -0.39 is 9.84 Å². The number of ether oxygens (including phenoxy) is 2. The van der Waals surface area contributed by atoms with Gasteiger partial charge in [0.05, 0.1) is 25.7 Å². The highest BCUT2D eigenvalue weighted by molar-refractivity contribution is 7.91. The van der Waals surface area contributed by atoms with Crippen molar-refractivity contribution in [3.8, 4) is 11.5 Å². The number of amides is 1. The Morgan fingerprint density at radius 2 is 1.62 bits per heavy atom. The van der Waals surface area contributed by atoms with Gasteiger partial charge in [0.1, 0.15) is 11.5 Å². The molecule has 154 valence electrons. The van der Waals surface area contributed by atoms with Crippen molar-refractivity contribution in [2.75, 3.05) is 25.7 Å². The van der Waals surface area contributed by atoms with Crippen molar-refractivity contribution in [2.45, 2.75) is 19.0 Å². The molecule has 0 spiro atoms. The molecule has 1 unspecified atom stereocenters. The molecule has 0 aromatic heterocycles. The predicted octanol–water partition coefficient (Wildman–Crippen LogP) is 2.93. The Kier molecular flexibility index (Phi) is 6.59. The third-order valence-electron chi connectivity index (χ3n) is 4.98. The van der Waals surface area contributed by atoms with Crippen molar-refractivity contribution in [3.05, 3.63) is 65.7 Å². The van der Waals surface area contributed by atoms with Gasteiger partial charge in [0.2, 0.25) is 5.91 Å². The van der Waals surface area contributed by atoms with Crippen molar-refractivity contribution in [3.63, 3.8) is 0 Å². The highest BCUT2D eigenvalue weighted by atomic mass is 32.2. The summed E-state index contributed by atoms with van der Waals surface area (Å²) in [6.45, 7) is 0.343. The molecule has 1 saturated heterocycles. The van der Waals surface area contributed by atoms with E-state index >= 15 is 0 Å². The van der Waals surface area contributed by atoms with Crippen molar-refractivity contribution in [2.24, 2.45) is 0 Å². The first kappa shape index (κ1) is 20.9. The zero-order valence-electron chi connectivity index (χ0n) is 16.6. The van der Waals surface area contributed by atoms with Gasteiger partial charge in [-0.25, -0.2) is 8.42 Å². The smallest absolute Gasteiger partial charge is 0.247 e. The topological polar surface area (TPSA) is 72.9 Å². The first-order valence-electron chi connectivity index (χ1n) is 9.36. The normalized spacial score (nSPS) is 17.9. The fraction of sp³-hybridized carbons (Fsp3) is 0.318. The van der Waals surface area contributed by atoms with Crippen LogP contribution in [0.2, 0.25) is 0 Å². The molecule has 0 aliphatic carbocycles. The Bertz CT molecular complexity index is 965. The number of carbonyl (C=O) groups is 1. The van der Waals surface area contributed by atoms with E-state index in [1.54, 1.807) is 25.2 Å². The van der Waals surface area contributed by atoms with Crippen LogP contribution in [0.15, 0.2) is 54.6 Å². The van der Waals surface area contributed by atoms with Gasteiger partial charge in [-0.15, -0.1) is 0 Å². The Hall–Kier alpha value is -2.80. The molecule has 2 aromatic rings. The summed E-state index contributed by atoms with van der Waals surface area (Å²) in [5.74, 6) is 1.39. The van der Waals surface area contributed by atoms with E-state index in [9.17, 15) is 13.2 Å². The molecule has 1 aliphatic rings. The maximum atomic E-state index is 13.0. The van der Waals surface area contributed by atoms with E-state index in [2.05, 4.69) is 0 Å². The second-order valence-corrected chi connectivity index (χ2v) is 9.21. The molecule has 1 atom stereocenters. The molecular weight excluding hydrogens is 390 g/mol. The molecule has 0 N–H and O–H groups in total. The fourth-order valence-corrected chi connectivity index (χ4v) is 5.04. The third kappa shape index (κ3) is 5.60. The van der Waals surface area contributed by atoms with Gasteiger partial charge in [-0.1, -0.05) is 24.3 Å². The molecule has 7 heteroatoms. The lowest BCUT2D eigenvalue weighted by atomic mass is 10.1. The van der Waals surface area contributed by atoms with Gasteiger partial charge in [-0.3, -0.25) is 4.79 Å². The van der Waals surface area contributed by atoms with Crippen molar-refractivity contribution < 1.29 is 22.7 Å². The number of nitrogens with zero attached hydrogens (tertiary/aromatic N) is 1. The number of methoxy groups -OCH3 is 2. The van der Waals surface area contributed by atoms with Crippen LogP contribution in [0, 0.1) is 0 Å². The van der Waals surface area contributed by atoms with Crippen LogP contribution in [-0.2, 0) is 21.2 Å². The minimum Gasteiger partial charge on any atom is -0.497 e. The molecule has 1 fully saturated rings. The predicted molar refractivity (Wildman–Crippen MR) is 113 cm³/mol. The summed E-state index contributed by atoms with van der Waals surface area (Å²) in [5.41, 5.74) is 1.78. The molecule has 2 aromatic carbocycles. The zero-order valence-corrected chi connectivity index (χ0v) is 17.4. The number of sulfone groups is 1. The summed E-state index contributed by atoms with van der Waals surface area (Å²) >= 11 is 0. The van der Waals surface area contributed by atoms with Crippen LogP contribution in [0.25, 0.3) is 6.08 Å². The van der Waals surface area contributed by atoms with Crippen LogP contribution in [0.4, 0.5) is 0 Å². The maximum Gasteiger partial charge on any atom is 0.247 e. The van der Waals surface area contributed by atoms with Gasteiger partial charge < -0.3 is 14.4 Å². The lowest BCUT2D eigenvalue weighted by molar-refractivity contribution is -0.128. The maximum absolute atomic E-state index is 13.0. The Balaban J connectivity index is 1.78. The van der Waals surface area contributed by atoms with Crippen LogP contribution in [-0.4, -0.2) is 51.0 Å². The average Bonchev–Trinajstić information content (AvgIpc) is 3.10. The number of carbonyl (C=O) groups excluding carboxylic acids is 1. The van der Waals surface area contributed by atoms with Crippen molar-refractivity contribution >= 4 is 21.8 Å². The van der Waals surface area contributed by atoms with Gasteiger partial charge in [-0.05, 0) is 47.9 Å².